The molecule has 4 heterocycles. The van der Waals surface area contributed by atoms with Crippen molar-refractivity contribution in [2.24, 2.45) is 0 Å². The Morgan fingerprint density at radius 1 is 1.13 bits per heavy atom. The number of aromatic amines is 1. The number of phenols is 1. The number of aromatic hydroxyl groups is 1. The number of aromatic nitrogens is 3. The lowest BCUT2D eigenvalue weighted by Crippen LogP contribution is -2.56. The molecule has 0 radical (unpaired) electrons. The smallest absolute Gasteiger partial charge is 0.410 e. The highest BCUT2D eigenvalue weighted by Crippen LogP contribution is 2.39. The Labute approximate surface area is 261 Å². The van der Waals surface area contributed by atoms with Gasteiger partial charge in [0.05, 0.1) is 35.7 Å². The van der Waals surface area contributed by atoms with Crippen LogP contribution in [0.1, 0.15) is 24.0 Å². The fourth-order valence-corrected chi connectivity index (χ4v) is 6.57. The second kappa shape index (κ2) is 11.3. The Bertz CT molecular complexity index is 2110. The van der Waals surface area contributed by atoms with E-state index in [1.165, 1.54) is 30.5 Å². The lowest BCUT2D eigenvalue weighted by molar-refractivity contribution is 0.0733. The van der Waals surface area contributed by atoms with Crippen molar-refractivity contribution in [3.05, 3.63) is 88.0 Å². The minimum absolute atomic E-state index is 0.0703. The topological polar surface area (TPSA) is 121 Å². The van der Waals surface area contributed by atoms with Gasteiger partial charge in [0.1, 0.15) is 35.4 Å². The second-order valence-electron chi connectivity index (χ2n) is 11.3. The van der Waals surface area contributed by atoms with Crippen molar-refractivity contribution >= 4 is 33.6 Å². The van der Waals surface area contributed by atoms with Gasteiger partial charge in [-0.1, -0.05) is 24.1 Å². The number of nitrogens with one attached hydrogen (secondary N) is 1. The predicted octanol–water partition coefficient (Wildman–Crippen LogP) is 5.10. The molecule has 7 rings (SSSR count). The van der Waals surface area contributed by atoms with E-state index in [-0.39, 0.29) is 63.4 Å². The van der Waals surface area contributed by atoms with E-state index in [9.17, 15) is 19.1 Å². The fourth-order valence-electron chi connectivity index (χ4n) is 6.57. The summed E-state index contributed by atoms with van der Waals surface area (Å²) in [5.41, 5.74) is -0.359. The normalized spacial score (nSPS) is 17.3. The zero-order valence-corrected chi connectivity index (χ0v) is 24.6. The lowest BCUT2D eigenvalue weighted by atomic mass is 9.96. The summed E-state index contributed by atoms with van der Waals surface area (Å²) in [5.74, 6) is 1.48. The molecule has 2 bridgehead atoms. The summed E-state index contributed by atoms with van der Waals surface area (Å²) in [4.78, 5) is 40.5. The number of hydrogen-bond acceptors (Lipinski definition) is 8. The van der Waals surface area contributed by atoms with Crippen LogP contribution in [0.3, 0.4) is 0 Å². The van der Waals surface area contributed by atoms with Crippen LogP contribution in [0.25, 0.3) is 32.9 Å². The number of anilines is 1. The van der Waals surface area contributed by atoms with E-state index in [1.807, 2.05) is 17.0 Å². The Kier molecular flexibility index (Phi) is 7.16. The van der Waals surface area contributed by atoms with Crippen molar-refractivity contribution in [3.63, 3.8) is 0 Å². The minimum Gasteiger partial charge on any atom is -0.508 e. The highest BCUT2D eigenvalue weighted by Gasteiger charge is 2.44. The molecule has 2 atom stereocenters. The highest BCUT2D eigenvalue weighted by molar-refractivity contribution is 6.03. The molecule has 3 aromatic carbocycles. The van der Waals surface area contributed by atoms with Gasteiger partial charge in [-0.3, -0.25) is 9.88 Å². The van der Waals surface area contributed by atoms with E-state index >= 15 is 4.39 Å². The molecule has 0 aliphatic carbocycles. The van der Waals surface area contributed by atoms with E-state index in [0.717, 1.165) is 18.4 Å². The van der Waals surface area contributed by atoms with Gasteiger partial charge in [0.25, 0.3) is 0 Å². The number of terminal acetylenes is 1. The zero-order valence-electron chi connectivity index (χ0n) is 24.6. The van der Waals surface area contributed by atoms with Crippen LogP contribution in [0, 0.1) is 24.0 Å². The molecule has 46 heavy (non-hydrogen) atoms. The number of nitrogens with zero attached hydrogens (tertiary/aromatic N) is 4. The maximum absolute atomic E-state index is 16.3. The average Bonchev–Trinajstić information content (AvgIpc) is 3.32. The zero-order chi connectivity index (χ0) is 32.1. The van der Waals surface area contributed by atoms with Crippen LogP contribution in [-0.4, -0.2) is 63.3 Å². The van der Waals surface area contributed by atoms with E-state index in [0.29, 0.717) is 24.2 Å². The number of amides is 1. The molecular formula is C34H27F2N5O5. The lowest BCUT2D eigenvalue weighted by Gasteiger charge is -2.41. The largest absolute Gasteiger partial charge is 0.508 e. The number of pyridine rings is 1. The monoisotopic (exact) mass is 623 g/mol. The molecule has 0 saturated carbocycles. The van der Waals surface area contributed by atoms with Crippen LogP contribution in [0.15, 0.2) is 59.5 Å². The summed E-state index contributed by atoms with van der Waals surface area (Å²) in [6.07, 6.45) is 8.02. The first-order valence-corrected chi connectivity index (χ1v) is 14.6. The molecule has 12 heteroatoms. The Morgan fingerprint density at radius 2 is 1.87 bits per heavy atom. The first-order valence-electron chi connectivity index (χ1n) is 14.6. The van der Waals surface area contributed by atoms with Gasteiger partial charge in [-0.05, 0) is 54.1 Å². The Hall–Kier alpha value is -5.70. The summed E-state index contributed by atoms with van der Waals surface area (Å²) in [5, 5.41) is 11.2. The molecule has 10 nitrogen and oxygen atoms in total. The summed E-state index contributed by atoms with van der Waals surface area (Å²) < 4.78 is 41.8. The molecule has 2 unspecified atom stereocenters. The third kappa shape index (κ3) is 4.90. The van der Waals surface area contributed by atoms with Crippen LogP contribution >= 0.6 is 0 Å². The molecule has 2 saturated heterocycles. The van der Waals surface area contributed by atoms with Gasteiger partial charge < -0.3 is 24.5 Å². The number of hydrogen-bond donors (Lipinski definition) is 2. The standard InChI is InChI=1S/C34H27F2N5O5/c1-3-24-27(35)11-6-19-12-22(42)13-25(28(19)24)30-29(36)31-26(14-37-30)32(39-33(43)38-31)40-15-20-7-8-21(16-40)41(20)34(44)46-17-18-4-9-23(45-2)10-5-18/h1,4-6,9-14,20-21,42H,7-8,15-17H2,2H3,(H,38,39,43). The number of rotatable bonds is 5. The molecule has 2 aliphatic heterocycles. The van der Waals surface area contributed by atoms with E-state index < -0.39 is 23.4 Å². The number of methoxy groups -OCH3 is 1. The molecule has 2 aromatic heterocycles. The number of carbonyl (C=O) groups is 1. The van der Waals surface area contributed by atoms with Crippen molar-refractivity contribution in [2.45, 2.75) is 31.5 Å². The molecule has 2 fully saturated rings. The molecule has 2 N–H and O–H groups in total. The number of benzene rings is 3. The minimum atomic E-state index is -0.888. The van der Waals surface area contributed by atoms with E-state index in [2.05, 4.69) is 20.9 Å². The summed E-state index contributed by atoms with van der Waals surface area (Å²) in [6.45, 7) is 0.816. The van der Waals surface area contributed by atoms with Crippen LogP contribution in [0.4, 0.5) is 19.4 Å². The van der Waals surface area contributed by atoms with Crippen molar-refractivity contribution in [2.75, 3.05) is 25.1 Å². The molecule has 232 valence electrons. The van der Waals surface area contributed by atoms with Crippen LogP contribution in [0.2, 0.25) is 0 Å². The predicted molar refractivity (Wildman–Crippen MR) is 167 cm³/mol. The van der Waals surface area contributed by atoms with Crippen molar-refractivity contribution in [1.82, 2.24) is 19.9 Å². The number of piperazine rings is 1. The number of phenolic OH excluding ortho intramolecular Hbond substituents is 1. The average molecular weight is 624 g/mol. The van der Waals surface area contributed by atoms with Crippen LogP contribution in [0.5, 0.6) is 11.5 Å². The highest BCUT2D eigenvalue weighted by atomic mass is 19.1. The van der Waals surface area contributed by atoms with Gasteiger partial charge in [-0.2, -0.15) is 4.98 Å². The molecule has 1 amide bonds. The van der Waals surface area contributed by atoms with Gasteiger partial charge in [-0.25, -0.2) is 18.4 Å². The number of ether oxygens (including phenoxy) is 2. The third-order valence-corrected chi connectivity index (χ3v) is 8.66. The Morgan fingerprint density at radius 3 is 2.57 bits per heavy atom. The number of halogens is 2. The Balaban J connectivity index is 1.20. The van der Waals surface area contributed by atoms with Crippen LogP contribution < -0.4 is 15.3 Å². The molecule has 5 aromatic rings. The first-order chi connectivity index (χ1) is 22.2. The van der Waals surface area contributed by atoms with Crippen molar-refractivity contribution in [1.29, 1.82) is 0 Å². The molecule has 0 spiro atoms. The van der Waals surface area contributed by atoms with Gasteiger partial charge in [0, 0.05) is 30.2 Å². The summed E-state index contributed by atoms with van der Waals surface area (Å²) in [7, 11) is 1.58. The van der Waals surface area contributed by atoms with E-state index in [1.54, 1.807) is 24.1 Å². The van der Waals surface area contributed by atoms with Gasteiger partial charge in [0.2, 0.25) is 0 Å². The quantitative estimate of drug-likeness (QED) is 0.260. The van der Waals surface area contributed by atoms with Gasteiger partial charge in [0.15, 0.2) is 5.82 Å². The molecular weight excluding hydrogens is 596 g/mol. The van der Waals surface area contributed by atoms with Gasteiger partial charge >= 0.3 is 11.8 Å². The SMILES string of the molecule is C#Cc1c(F)ccc2cc(O)cc(-c3ncc4c(N5CC6CCC(C5)N6C(=O)OCc5ccc(OC)cc5)nc(=O)[nH]c4c3F)c12. The summed E-state index contributed by atoms with van der Waals surface area (Å²) >= 11 is 0. The number of fused-ring (bicyclic) bond motifs is 4. The maximum Gasteiger partial charge on any atom is 0.410 e. The van der Waals surface area contributed by atoms with Gasteiger partial charge in [-0.15, -0.1) is 6.42 Å². The van der Waals surface area contributed by atoms with E-state index in [4.69, 9.17) is 15.9 Å². The van der Waals surface area contributed by atoms with Crippen molar-refractivity contribution in [3.8, 4) is 35.1 Å². The third-order valence-electron chi connectivity index (χ3n) is 8.66. The number of carbonyl (C=O) groups excluding carboxylic acids is 1. The number of H-pyrrole nitrogens is 1. The second-order valence-corrected chi connectivity index (χ2v) is 11.3. The maximum atomic E-state index is 16.3. The summed E-state index contributed by atoms with van der Waals surface area (Å²) in [6, 6.07) is 12.1. The van der Waals surface area contributed by atoms with Crippen molar-refractivity contribution < 1.29 is 28.2 Å². The molecule has 2 aliphatic rings. The van der Waals surface area contributed by atoms with Crippen LogP contribution in [-0.2, 0) is 11.3 Å². The first kappa shape index (κ1) is 29.0. The fraction of sp³-hybridized carbons (Fsp3) is 0.235.